The van der Waals surface area contributed by atoms with Crippen LogP contribution in [0.2, 0.25) is 5.02 Å². The third-order valence-corrected chi connectivity index (χ3v) is 6.48. The highest BCUT2D eigenvalue weighted by Crippen LogP contribution is 2.34. The molecule has 1 fully saturated rings. The lowest BCUT2D eigenvalue weighted by atomic mass is 10.0. The van der Waals surface area contributed by atoms with Crippen molar-refractivity contribution in [3.63, 3.8) is 0 Å². The molecule has 0 radical (unpaired) electrons. The van der Waals surface area contributed by atoms with Crippen molar-refractivity contribution in [3.05, 3.63) is 83.4 Å². The van der Waals surface area contributed by atoms with E-state index in [1.165, 1.54) is 0 Å². The van der Waals surface area contributed by atoms with E-state index in [0.717, 1.165) is 16.8 Å². The number of hydrogen-bond donors (Lipinski definition) is 2. The zero-order chi connectivity index (χ0) is 24.8. The van der Waals surface area contributed by atoms with Gasteiger partial charge in [-0.05, 0) is 47.6 Å². The number of nitrogens with zero attached hydrogens (tertiary/aromatic N) is 2. The smallest absolute Gasteiger partial charge is 0.257 e. The number of nitrogens with one attached hydrogen (secondary N) is 2. The van der Waals surface area contributed by atoms with Gasteiger partial charge in [-0.1, -0.05) is 67.1 Å². The molecule has 2 amide bonds. The van der Waals surface area contributed by atoms with Crippen molar-refractivity contribution >= 4 is 52.1 Å². The number of para-hydroxylation sites is 1. The summed E-state index contributed by atoms with van der Waals surface area (Å²) in [6, 6.07) is 22.9. The van der Waals surface area contributed by atoms with Crippen molar-refractivity contribution in [1.29, 1.82) is 0 Å². The third-order valence-electron chi connectivity index (χ3n) is 5.97. The number of carbonyl (C=O) groups excluding carboxylic acids is 2. The molecule has 1 saturated heterocycles. The van der Waals surface area contributed by atoms with Crippen molar-refractivity contribution in [1.82, 2.24) is 10.2 Å². The quantitative estimate of drug-likeness (QED) is 0.466. The molecule has 0 unspecified atom stereocenters. The van der Waals surface area contributed by atoms with Crippen LogP contribution in [-0.2, 0) is 4.79 Å². The second kappa shape index (κ2) is 11.3. The molecule has 4 rings (SSSR count). The molecule has 8 heteroatoms. The summed E-state index contributed by atoms with van der Waals surface area (Å²) in [4.78, 5) is 28.8. The normalized spacial score (nSPS) is 13.3. The lowest BCUT2D eigenvalue weighted by molar-refractivity contribution is -0.131. The van der Waals surface area contributed by atoms with Gasteiger partial charge in [0, 0.05) is 38.2 Å². The highest BCUT2D eigenvalue weighted by atomic mass is 35.5. The Morgan fingerprint density at radius 3 is 2.20 bits per heavy atom. The largest absolute Gasteiger partial charge is 0.365 e. The molecule has 180 valence electrons. The van der Waals surface area contributed by atoms with Crippen LogP contribution in [0.4, 0.5) is 11.4 Å². The first kappa shape index (κ1) is 24.7. The minimum absolute atomic E-state index is 0.155. The van der Waals surface area contributed by atoms with E-state index in [1.54, 1.807) is 12.1 Å². The lowest BCUT2D eigenvalue weighted by Crippen LogP contribution is -2.49. The minimum Gasteiger partial charge on any atom is -0.365 e. The van der Waals surface area contributed by atoms with Crippen LogP contribution in [-0.4, -0.2) is 48.0 Å². The Morgan fingerprint density at radius 2 is 1.54 bits per heavy atom. The van der Waals surface area contributed by atoms with Crippen molar-refractivity contribution in [3.8, 4) is 11.1 Å². The van der Waals surface area contributed by atoms with E-state index in [-0.39, 0.29) is 16.9 Å². The van der Waals surface area contributed by atoms with Gasteiger partial charge in [0.25, 0.3) is 5.91 Å². The maximum atomic E-state index is 12.8. The molecule has 35 heavy (non-hydrogen) atoms. The van der Waals surface area contributed by atoms with Gasteiger partial charge in [0.05, 0.1) is 16.4 Å². The van der Waals surface area contributed by atoms with Crippen LogP contribution in [0.1, 0.15) is 23.7 Å². The van der Waals surface area contributed by atoms with Crippen molar-refractivity contribution < 1.29 is 9.59 Å². The van der Waals surface area contributed by atoms with Gasteiger partial charge in [0.2, 0.25) is 5.91 Å². The first-order valence-electron chi connectivity index (χ1n) is 11.6. The Bertz CT molecular complexity index is 1210. The number of amides is 2. The van der Waals surface area contributed by atoms with E-state index in [9.17, 15) is 9.59 Å². The van der Waals surface area contributed by atoms with Gasteiger partial charge in [-0.2, -0.15) is 0 Å². The number of hydrogen-bond acceptors (Lipinski definition) is 4. The fourth-order valence-electron chi connectivity index (χ4n) is 4.11. The topological polar surface area (TPSA) is 64.7 Å². The van der Waals surface area contributed by atoms with Crippen LogP contribution < -0.4 is 15.5 Å². The molecule has 0 spiro atoms. The fraction of sp³-hybridized carbons (Fsp3) is 0.222. The van der Waals surface area contributed by atoms with E-state index in [1.807, 2.05) is 72.5 Å². The zero-order valence-corrected chi connectivity index (χ0v) is 21.0. The molecule has 1 aliphatic heterocycles. The molecular weight excluding hydrogens is 480 g/mol. The highest BCUT2D eigenvalue weighted by molar-refractivity contribution is 7.80. The van der Waals surface area contributed by atoms with E-state index in [0.29, 0.717) is 48.9 Å². The van der Waals surface area contributed by atoms with Gasteiger partial charge in [0.1, 0.15) is 0 Å². The Labute approximate surface area is 215 Å². The summed E-state index contributed by atoms with van der Waals surface area (Å²) in [6.45, 7) is 4.47. The molecule has 3 aromatic carbocycles. The van der Waals surface area contributed by atoms with E-state index in [4.69, 9.17) is 23.8 Å². The fourth-order valence-corrected chi connectivity index (χ4v) is 4.61. The van der Waals surface area contributed by atoms with Gasteiger partial charge >= 0.3 is 0 Å². The van der Waals surface area contributed by atoms with Gasteiger partial charge in [-0.15, -0.1) is 0 Å². The second-order valence-electron chi connectivity index (χ2n) is 8.21. The molecular formula is C27H27ClN4O2S. The summed E-state index contributed by atoms with van der Waals surface area (Å²) in [5, 5.41) is 6.64. The molecule has 0 atom stereocenters. The average molecular weight is 507 g/mol. The number of halogens is 1. The van der Waals surface area contributed by atoms with Crippen LogP contribution in [0.25, 0.3) is 11.1 Å². The van der Waals surface area contributed by atoms with Gasteiger partial charge in [-0.3, -0.25) is 14.9 Å². The van der Waals surface area contributed by atoms with Crippen LogP contribution in [0.15, 0.2) is 72.8 Å². The maximum absolute atomic E-state index is 12.8. The maximum Gasteiger partial charge on any atom is 0.257 e. The number of anilines is 2. The van der Waals surface area contributed by atoms with Crippen LogP contribution in [0.5, 0.6) is 0 Å². The number of thiocarbonyl (C=S) groups is 1. The van der Waals surface area contributed by atoms with Crippen LogP contribution in [0.3, 0.4) is 0 Å². The van der Waals surface area contributed by atoms with Gasteiger partial charge in [0.15, 0.2) is 5.11 Å². The Hall–Kier alpha value is -3.42. The number of rotatable bonds is 5. The molecule has 6 nitrogen and oxygen atoms in total. The molecule has 0 saturated carbocycles. The second-order valence-corrected chi connectivity index (χ2v) is 9.02. The summed E-state index contributed by atoms with van der Waals surface area (Å²) < 4.78 is 0. The average Bonchev–Trinajstić information content (AvgIpc) is 2.89. The van der Waals surface area contributed by atoms with E-state index < -0.39 is 0 Å². The Balaban J connectivity index is 1.41. The third kappa shape index (κ3) is 5.99. The SMILES string of the molecule is CCC(=O)N1CCN(c2c(Cl)cccc2NC(=S)NC(=O)c2ccc(-c3ccccc3)cc2)CC1. The number of carbonyl (C=O) groups is 2. The zero-order valence-electron chi connectivity index (χ0n) is 19.5. The van der Waals surface area contributed by atoms with Crippen LogP contribution >= 0.6 is 23.8 Å². The Kier molecular flexibility index (Phi) is 8.00. The minimum atomic E-state index is -0.294. The summed E-state index contributed by atoms with van der Waals surface area (Å²) in [5.74, 6) is -0.139. The summed E-state index contributed by atoms with van der Waals surface area (Å²) >= 11 is 12.0. The van der Waals surface area contributed by atoms with Crippen molar-refractivity contribution in [2.45, 2.75) is 13.3 Å². The molecule has 3 aromatic rings. The molecule has 2 N–H and O–H groups in total. The molecule has 0 bridgehead atoms. The number of piperazine rings is 1. The first-order valence-corrected chi connectivity index (χ1v) is 12.3. The molecule has 0 aliphatic carbocycles. The molecule has 0 aromatic heterocycles. The lowest BCUT2D eigenvalue weighted by Gasteiger charge is -2.37. The molecule has 1 aliphatic rings. The standard InChI is InChI=1S/C27H27ClN4O2S/c1-2-24(33)31-15-17-32(18-16-31)25-22(28)9-6-10-23(25)29-27(35)30-26(34)21-13-11-20(12-14-21)19-7-4-3-5-8-19/h3-14H,2,15-18H2,1H3,(H2,29,30,34,35). The highest BCUT2D eigenvalue weighted by Gasteiger charge is 2.23. The summed E-state index contributed by atoms with van der Waals surface area (Å²) in [7, 11) is 0. The van der Waals surface area contributed by atoms with E-state index >= 15 is 0 Å². The summed E-state index contributed by atoms with van der Waals surface area (Å²) in [6.07, 6.45) is 0.502. The van der Waals surface area contributed by atoms with Gasteiger partial charge in [-0.25, -0.2) is 0 Å². The number of benzene rings is 3. The van der Waals surface area contributed by atoms with Gasteiger partial charge < -0.3 is 15.1 Å². The van der Waals surface area contributed by atoms with E-state index in [2.05, 4.69) is 15.5 Å². The predicted octanol–water partition coefficient (Wildman–Crippen LogP) is 5.19. The first-order chi connectivity index (χ1) is 17.0. The summed E-state index contributed by atoms with van der Waals surface area (Å²) in [5.41, 5.74) is 4.15. The van der Waals surface area contributed by atoms with Crippen molar-refractivity contribution in [2.24, 2.45) is 0 Å². The monoisotopic (exact) mass is 506 g/mol. The molecule has 1 heterocycles. The Morgan fingerprint density at radius 1 is 0.886 bits per heavy atom. The van der Waals surface area contributed by atoms with Crippen LogP contribution in [0, 0.1) is 0 Å². The predicted molar refractivity (Wildman–Crippen MR) is 146 cm³/mol. The van der Waals surface area contributed by atoms with Crippen molar-refractivity contribution in [2.75, 3.05) is 36.4 Å².